The van der Waals surface area contributed by atoms with E-state index in [2.05, 4.69) is 18.8 Å². The minimum atomic E-state index is -1.02. The number of nitrogens with zero attached hydrogens (tertiary/aromatic N) is 2. The van der Waals surface area contributed by atoms with Gasteiger partial charge in [-0.25, -0.2) is 9.78 Å². The predicted octanol–water partition coefficient (Wildman–Crippen LogP) is 2.21. The molecule has 1 aliphatic heterocycles. The lowest BCUT2D eigenvalue weighted by molar-refractivity contribution is 0.0614. The molecule has 2 atom stereocenters. The highest BCUT2D eigenvalue weighted by Crippen LogP contribution is 2.22. The first-order chi connectivity index (χ1) is 9.38. The van der Waals surface area contributed by atoms with Crippen LogP contribution in [0.2, 0.25) is 0 Å². The van der Waals surface area contributed by atoms with Gasteiger partial charge < -0.3 is 10.0 Å². The van der Waals surface area contributed by atoms with E-state index >= 15 is 0 Å². The average molecular weight is 276 g/mol. The van der Waals surface area contributed by atoms with Crippen LogP contribution in [-0.2, 0) is 0 Å². The van der Waals surface area contributed by atoms with Crippen molar-refractivity contribution in [3.8, 4) is 0 Å². The van der Waals surface area contributed by atoms with Crippen molar-refractivity contribution in [2.24, 2.45) is 11.8 Å². The van der Waals surface area contributed by atoms with Crippen molar-refractivity contribution in [3.05, 3.63) is 29.1 Å². The van der Waals surface area contributed by atoms with Crippen LogP contribution < -0.4 is 0 Å². The van der Waals surface area contributed by atoms with E-state index in [1.165, 1.54) is 12.1 Å². The van der Waals surface area contributed by atoms with Crippen LogP contribution in [-0.4, -0.2) is 40.0 Å². The zero-order chi connectivity index (χ0) is 14.9. The van der Waals surface area contributed by atoms with Gasteiger partial charge in [0.2, 0.25) is 0 Å². The summed E-state index contributed by atoms with van der Waals surface area (Å²) in [5.41, 5.74) is 0.845. The van der Waals surface area contributed by atoms with Crippen molar-refractivity contribution in [1.82, 2.24) is 9.88 Å². The van der Waals surface area contributed by atoms with Crippen LogP contribution in [0.15, 0.2) is 12.1 Å². The SMILES string of the molecule is Cc1nc(C(=O)N2CC(C)CC(C)C2)ccc1C(=O)O. The molecule has 2 heterocycles. The number of carboxylic acid groups (broad SMARTS) is 1. The van der Waals surface area contributed by atoms with Crippen molar-refractivity contribution < 1.29 is 14.7 Å². The van der Waals surface area contributed by atoms with Crippen LogP contribution in [0.4, 0.5) is 0 Å². The predicted molar refractivity (Wildman–Crippen MR) is 74.8 cm³/mol. The van der Waals surface area contributed by atoms with Crippen LogP contribution in [0.5, 0.6) is 0 Å². The summed E-state index contributed by atoms with van der Waals surface area (Å²) in [5, 5.41) is 8.98. The number of likely N-dealkylation sites (tertiary alicyclic amines) is 1. The van der Waals surface area contributed by atoms with Gasteiger partial charge in [0.1, 0.15) is 5.69 Å². The van der Waals surface area contributed by atoms with Gasteiger partial charge >= 0.3 is 5.97 Å². The zero-order valence-electron chi connectivity index (χ0n) is 12.1. The van der Waals surface area contributed by atoms with Crippen LogP contribution in [0.1, 0.15) is 46.8 Å². The Hall–Kier alpha value is -1.91. The molecule has 0 spiro atoms. The highest BCUT2D eigenvalue weighted by molar-refractivity contribution is 5.94. The van der Waals surface area contributed by atoms with E-state index in [1.807, 2.05) is 4.90 Å². The van der Waals surface area contributed by atoms with Crippen molar-refractivity contribution in [1.29, 1.82) is 0 Å². The van der Waals surface area contributed by atoms with E-state index < -0.39 is 5.97 Å². The quantitative estimate of drug-likeness (QED) is 0.899. The lowest BCUT2D eigenvalue weighted by atomic mass is 9.91. The summed E-state index contributed by atoms with van der Waals surface area (Å²) >= 11 is 0. The molecule has 2 unspecified atom stereocenters. The molecular formula is C15H20N2O3. The molecule has 0 saturated carbocycles. The minimum absolute atomic E-state index is 0.108. The Labute approximate surface area is 118 Å². The van der Waals surface area contributed by atoms with Gasteiger partial charge in [0, 0.05) is 13.1 Å². The van der Waals surface area contributed by atoms with Gasteiger partial charge in [0.05, 0.1) is 11.3 Å². The molecule has 1 aromatic rings. The summed E-state index contributed by atoms with van der Waals surface area (Å²) in [4.78, 5) is 29.4. The smallest absolute Gasteiger partial charge is 0.337 e. The minimum Gasteiger partial charge on any atom is -0.478 e. The Morgan fingerprint density at radius 1 is 1.25 bits per heavy atom. The summed E-state index contributed by atoms with van der Waals surface area (Å²) in [6.07, 6.45) is 1.13. The summed E-state index contributed by atoms with van der Waals surface area (Å²) in [6, 6.07) is 2.96. The fourth-order valence-corrected chi connectivity index (χ4v) is 2.90. The lowest BCUT2D eigenvalue weighted by Gasteiger charge is -2.34. The first kappa shape index (κ1) is 14.5. The molecule has 1 fully saturated rings. The zero-order valence-corrected chi connectivity index (χ0v) is 12.1. The molecule has 2 rings (SSSR count). The molecule has 0 radical (unpaired) electrons. The third kappa shape index (κ3) is 2.98. The monoisotopic (exact) mass is 276 g/mol. The van der Waals surface area contributed by atoms with E-state index in [0.29, 0.717) is 23.2 Å². The normalized spacial score (nSPS) is 22.6. The summed E-state index contributed by atoms with van der Waals surface area (Å²) < 4.78 is 0. The number of carbonyl (C=O) groups excluding carboxylic acids is 1. The Kier molecular flexibility index (Phi) is 4.06. The molecule has 5 nitrogen and oxygen atoms in total. The number of pyridine rings is 1. The van der Waals surface area contributed by atoms with E-state index in [4.69, 9.17) is 5.11 Å². The number of hydrogen-bond donors (Lipinski definition) is 1. The number of aryl methyl sites for hydroxylation is 1. The number of aromatic nitrogens is 1. The largest absolute Gasteiger partial charge is 0.478 e. The molecule has 5 heteroatoms. The molecule has 1 N–H and O–H groups in total. The van der Waals surface area contributed by atoms with Crippen molar-refractivity contribution >= 4 is 11.9 Å². The Morgan fingerprint density at radius 3 is 2.35 bits per heavy atom. The van der Waals surface area contributed by atoms with Crippen LogP contribution >= 0.6 is 0 Å². The molecular weight excluding hydrogens is 256 g/mol. The molecule has 20 heavy (non-hydrogen) atoms. The first-order valence-electron chi connectivity index (χ1n) is 6.88. The Morgan fingerprint density at radius 2 is 1.85 bits per heavy atom. The fourth-order valence-electron chi connectivity index (χ4n) is 2.90. The van der Waals surface area contributed by atoms with E-state index in [1.54, 1.807) is 6.92 Å². The van der Waals surface area contributed by atoms with Gasteiger partial charge in [-0.1, -0.05) is 13.8 Å². The molecule has 1 aromatic heterocycles. The van der Waals surface area contributed by atoms with Gasteiger partial charge in [-0.2, -0.15) is 0 Å². The van der Waals surface area contributed by atoms with Gasteiger partial charge in [-0.3, -0.25) is 4.79 Å². The highest BCUT2D eigenvalue weighted by Gasteiger charge is 2.27. The lowest BCUT2D eigenvalue weighted by Crippen LogP contribution is -2.42. The number of carbonyl (C=O) groups is 2. The van der Waals surface area contributed by atoms with Crippen LogP contribution in [0, 0.1) is 18.8 Å². The number of rotatable bonds is 2. The van der Waals surface area contributed by atoms with Crippen LogP contribution in [0.3, 0.4) is 0 Å². The standard InChI is InChI=1S/C15H20N2O3/c1-9-6-10(2)8-17(7-9)14(18)13-5-4-12(15(19)20)11(3)16-13/h4-5,9-10H,6-8H2,1-3H3,(H,19,20). The molecule has 0 bridgehead atoms. The highest BCUT2D eigenvalue weighted by atomic mass is 16.4. The maximum Gasteiger partial charge on any atom is 0.337 e. The van der Waals surface area contributed by atoms with Gasteiger partial charge in [0.25, 0.3) is 5.91 Å². The van der Waals surface area contributed by atoms with Crippen molar-refractivity contribution in [3.63, 3.8) is 0 Å². The number of carboxylic acids is 1. The van der Waals surface area contributed by atoms with Gasteiger partial charge in [-0.05, 0) is 37.3 Å². The van der Waals surface area contributed by atoms with E-state index in [0.717, 1.165) is 19.5 Å². The third-order valence-corrected chi connectivity index (χ3v) is 3.69. The summed E-state index contributed by atoms with van der Waals surface area (Å²) in [5.74, 6) is -0.151. The van der Waals surface area contributed by atoms with Crippen LogP contribution in [0.25, 0.3) is 0 Å². The molecule has 0 aliphatic carbocycles. The van der Waals surface area contributed by atoms with Gasteiger partial charge in [-0.15, -0.1) is 0 Å². The molecule has 108 valence electrons. The topological polar surface area (TPSA) is 70.5 Å². The first-order valence-corrected chi connectivity index (χ1v) is 6.88. The van der Waals surface area contributed by atoms with E-state index in [-0.39, 0.29) is 11.5 Å². The van der Waals surface area contributed by atoms with Crippen molar-refractivity contribution in [2.45, 2.75) is 27.2 Å². The Bertz CT molecular complexity index is 532. The molecule has 1 amide bonds. The second-order valence-corrected chi connectivity index (χ2v) is 5.79. The molecule has 0 aromatic carbocycles. The van der Waals surface area contributed by atoms with Gasteiger partial charge in [0.15, 0.2) is 0 Å². The second-order valence-electron chi connectivity index (χ2n) is 5.79. The summed E-state index contributed by atoms with van der Waals surface area (Å²) in [7, 11) is 0. The van der Waals surface area contributed by atoms with Crippen molar-refractivity contribution in [2.75, 3.05) is 13.1 Å². The number of piperidine rings is 1. The number of aromatic carboxylic acids is 1. The average Bonchev–Trinajstić information content (AvgIpc) is 2.36. The number of amides is 1. The Balaban J connectivity index is 2.21. The number of hydrogen-bond acceptors (Lipinski definition) is 3. The third-order valence-electron chi connectivity index (χ3n) is 3.69. The molecule has 1 aliphatic rings. The summed E-state index contributed by atoms with van der Waals surface area (Å²) in [6.45, 7) is 7.38. The fraction of sp³-hybridized carbons (Fsp3) is 0.533. The maximum atomic E-state index is 12.4. The molecule has 1 saturated heterocycles. The van der Waals surface area contributed by atoms with E-state index in [9.17, 15) is 9.59 Å². The maximum absolute atomic E-state index is 12.4. The second kappa shape index (κ2) is 5.61.